The second-order valence-electron chi connectivity index (χ2n) is 6.15. The Labute approximate surface area is 131 Å². The maximum atomic E-state index is 12.2. The second kappa shape index (κ2) is 7.40. The summed E-state index contributed by atoms with van der Waals surface area (Å²) >= 11 is 0. The zero-order valence-electron chi connectivity index (χ0n) is 13.3. The van der Waals surface area contributed by atoms with Gasteiger partial charge in [-0.25, -0.2) is 0 Å². The van der Waals surface area contributed by atoms with Crippen molar-refractivity contribution in [3.63, 3.8) is 0 Å². The first-order valence-electron chi connectivity index (χ1n) is 7.88. The standard InChI is InChI=1S/C17H25N3O2/c1-11(13-5-3-7-15(9-13)20-12(2)21)19-17(22)10-14-6-4-8-16(14)18/h3,5,7,9,11,14,16H,4,6,8,10,18H2,1-2H3,(H,19,22)(H,20,21)/t11?,14-,16+/m0/s1. The third-order valence-electron chi connectivity index (χ3n) is 4.25. The van der Waals surface area contributed by atoms with Crippen molar-refractivity contribution < 1.29 is 9.59 Å². The van der Waals surface area contributed by atoms with Crippen molar-refractivity contribution in [1.29, 1.82) is 0 Å². The van der Waals surface area contributed by atoms with Crippen LogP contribution in [0.3, 0.4) is 0 Å². The highest BCUT2D eigenvalue weighted by molar-refractivity contribution is 5.88. The molecule has 1 aromatic rings. The van der Waals surface area contributed by atoms with Crippen LogP contribution in [0, 0.1) is 5.92 Å². The van der Waals surface area contributed by atoms with Gasteiger partial charge in [0.2, 0.25) is 11.8 Å². The van der Waals surface area contributed by atoms with Crippen LogP contribution >= 0.6 is 0 Å². The minimum atomic E-state index is -0.107. The van der Waals surface area contributed by atoms with Gasteiger partial charge in [-0.2, -0.15) is 0 Å². The Hall–Kier alpha value is -1.88. The van der Waals surface area contributed by atoms with E-state index in [-0.39, 0.29) is 23.9 Å². The highest BCUT2D eigenvalue weighted by Gasteiger charge is 2.26. The van der Waals surface area contributed by atoms with Gasteiger partial charge in [-0.05, 0) is 43.4 Å². The third kappa shape index (κ3) is 4.56. The molecule has 3 atom stereocenters. The molecule has 2 amide bonds. The summed E-state index contributed by atoms with van der Waals surface area (Å²) < 4.78 is 0. The normalized spacial score (nSPS) is 22.1. The lowest BCUT2D eigenvalue weighted by Crippen LogP contribution is -2.32. The maximum Gasteiger partial charge on any atom is 0.221 e. The Kier molecular flexibility index (Phi) is 5.55. The summed E-state index contributed by atoms with van der Waals surface area (Å²) in [4.78, 5) is 23.3. The average Bonchev–Trinajstić information content (AvgIpc) is 2.83. The fourth-order valence-electron chi connectivity index (χ4n) is 3.03. The Morgan fingerprint density at radius 3 is 2.77 bits per heavy atom. The number of rotatable bonds is 5. The molecule has 0 heterocycles. The predicted molar refractivity (Wildman–Crippen MR) is 87.2 cm³/mol. The van der Waals surface area contributed by atoms with Gasteiger partial charge in [0.15, 0.2) is 0 Å². The van der Waals surface area contributed by atoms with Gasteiger partial charge < -0.3 is 16.4 Å². The lowest BCUT2D eigenvalue weighted by Gasteiger charge is -2.19. The highest BCUT2D eigenvalue weighted by Crippen LogP contribution is 2.27. The van der Waals surface area contributed by atoms with Crippen LogP contribution in [0.5, 0.6) is 0 Å². The molecule has 1 fully saturated rings. The fraction of sp³-hybridized carbons (Fsp3) is 0.529. The number of benzene rings is 1. The van der Waals surface area contributed by atoms with Crippen LogP contribution in [-0.2, 0) is 9.59 Å². The predicted octanol–water partition coefficient (Wildman–Crippen LogP) is 2.34. The zero-order chi connectivity index (χ0) is 16.1. The molecule has 1 aliphatic carbocycles. The molecular formula is C17H25N3O2. The molecule has 0 bridgehead atoms. The Morgan fingerprint density at radius 2 is 2.14 bits per heavy atom. The van der Waals surface area contributed by atoms with Gasteiger partial charge in [0.25, 0.3) is 0 Å². The monoisotopic (exact) mass is 303 g/mol. The summed E-state index contributed by atoms with van der Waals surface area (Å²) in [5, 5.41) is 5.77. The smallest absolute Gasteiger partial charge is 0.221 e. The topological polar surface area (TPSA) is 84.2 Å². The number of hydrogen-bond donors (Lipinski definition) is 3. The SMILES string of the molecule is CC(=O)Nc1cccc(C(C)NC(=O)C[C@@H]2CCC[C@H]2N)c1. The molecule has 5 heteroatoms. The van der Waals surface area contributed by atoms with Crippen molar-refractivity contribution in [2.75, 3.05) is 5.32 Å². The fourth-order valence-corrected chi connectivity index (χ4v) is 3.03. The second-order valence-corrected chi connectivity index (χ2v) is 6.15. The van der Waals surface area contributed by atoms with E-state index in [2.05, 4.69) is 10.6 Å². The quantitative estimate of drug-likeness (QED) is 0.780. The number of nitrogens with one attached hydrogen (secondary N) is 2. The molecular weight excluding hydrogens is 278 g/mol. The van der Waals surface area contributed by atoms with Gasteiger partial charge in [0.1, 0.15) is 0 Å². The van der Waals surface area contributed by atoms with Crippen LogP contribution in [0.2, 0.25) is 0 Å². The molecule has 1 aliphatic rings. The van der Waals surface area contributed by atoms with E-state index in [0.717, 1.165) is 30.5 Å². The molecule has 0 radical (unpaired) electrons. The molecule has 0 aromatic heterocycles. The minimum Gasteiger partial charge on any atom is -0.350 e. The lowest BCUT2D eigenvalue weighted by molar-refractivity contribution is -0.122. The zero-order valence-corrected chi connectivity index (χ0v) is 13.3. The first-order chi connectivity index (χ1) is 10.5. The minimum absolute atomic E-state index is 0.0415. The molecule has 1 saturated carbocycles. The number of carbonyl (C=O) groups excluding carboxylic acids is 2. The van der Waals surface area contributed by atoms with Crippen molar-refractivity contribution >= 4 is 17.5 Å². The van der Waals surface area contributed by atoms with E-state index in [1.165, 1.54) is 6.92 Å². The molecule has 22 heavy (non-hydrogen) atoms. The van der Waals surface area contributed by atoms with Gasteiger partial charge in [0, 0.05) is 25.1 Å². The average molecular weight is 303 g/mol. The van der Waals surface area contributed by atoms with Crippen molar-refractivity contribution in [3.8, 4) is 0 Å². The van der Waals surface area contributed by atoms with Crippen LogP contribution < -0.4 is 16.4 Å². The molecule has 0 spiro atoms. The van der Waals surface area contributed by atoms with Crippen molar-refractivity contribution in [3.05, 3.63) is 29.8 Å². The van der Waals surface area contributed by atoms with Gasteiger partial charge in [0.05, 0.1) is 6.04 Å². The van der Waals surface area contributed by atoms with Crippen LogP contribution in [0.25, 0.3) is 0 Å². The number of anilines is 1. The van der Waals surface area contributed by atoms with E-state index in [0.29, 0.717) is 12.3 Å². The van der Waals surface area contributed by atoms with E-state index >= 15 is 0 Å². The molecule has 0 aliphatic heterocycles. The van der Waals surface area contributed by atoms with Crippen molar-refractivity contribution in [2.45, 2.75) is 51.6 Å². The number of carbonyl (C=O) groups is 2. The molecule has 120 valence electrons. The summed E-state index contributed by atoms with van der Waals surface area (Å²) in [6.07, 6.45) is 3.68. The molecule has 0 saturated heterocycles. The van der Waals surface area contributed by atoms with Gasteiger partial charge >= 0.3 is 0 Å². The van der Waals surface area contributed by atoms with E-state index in [1.54, 1.807) is 0 Å². The first-order valence-corrected chi connectivity index (χ1v) is 7.88. The van der Waals surface area contributed by atoms with Crippen molar-refractivity contribution in [2.24, 2.45) is 11.7 Å². The van der Waals surface area contributed by atoms with E-state index in [1.807, 2.05) is 31.2 Å². The van der Waals surface area contributed by atoms with Gasteiger partial charge in [-0.3, -0.25) is 9.59 Å². The number of amides is 2. The number of hydrogen-bond acceptors (Lipinski definition) is 3. The third-order valence-corrected chi connectivity index (χ3v) is 4.25. The lowest BCUT2D eigenvalue weighted by atomic mass is 9.99. The molecule has 5 nitrogen and oxygen atoms in total. The number of nitrogens with two attached hydrogens (primary N) is 1. The summed E-state index contributed by atoms with van der Waals surface area (Å²) in [6, 6.07) is 7.58. The van der Waals surface area contributed by atoms with Crippen LogP contribution in [0.4, 0.5) is 5.69 Å². The Morgan fingerprint density at radius 1 is 1.36 bits per heavy atom. The highest BCUT2D eigenvalue weighted by atomic mass is 16.2. The van der Waals surface area contributed by atoms with Crippen LogP contribution in [-0.4, -0.2) is 17.9 Å². The summed E-state index contributed by atoms with van der Waals surface area (Å²) in [7, 11) is 0. The molecule has 1 aromatic carbocycles. The summed E-state index contributed by atoms with van der Waals surface area (Å²) in [6.45, 7) is 3.42. The van der Waals surface area contributed by atoms with Gasteiger partial charge in [-0.15, -0.1) is 0 Å². The van der Waals surface area contributed by atoms with E-state index < -0.39 is 0 Å². The van der Waals surface area contributed by atoms with Crippen LogP contribution in [0.1, 0.15) is 51.1 Å². The van der Waals surface area contributed by atoms with Crippen LogP contribution in [0.15, 0.2) is 24.3 Å². The summed E-state index contributed by atoms with van der Waals surface area (Å²) in [5.74, 6) is 0.238. The van der Waals surface area contributed by atoms with E-state index in [4.69, 9.17) is 5.73 Å². The largest absolute Gasteiger partial charge is 0.350 e. The van der Waals surface area contributed by atoms with E-state index in [9.17, 15) is 9.59 Å². The summed E-state index contributed by atoms with van der Waals surface area (Å²) in [5.41, 5.74) is 7.72. The van der Waals surface area contributed by atoms with Gasteiger partial charge in [-0.1, -0.05) is 18.6 Å². The Bertz CT molecular complexity index is 544. The maximum absolute atomic E-state index is 12.2. The van der Waals surface area contributed by atoms with Crippen molar-refractivity contribution in [1.82, 2.24) is 5.32 Å². The molecule has 4 N–H and O–H groups in total. The molecule has 1 unspecified atom stereocenters. The Balaban J connectivity index is 1.92. The molecule has 2 rings (SSSR count). The first kappa shape index (κ1) is 16.5.